The minimum absolute atomic E-state index is 0.0383. The topological polar surface area (TPSA) is 92.5 Å². The monoisotopic (exact) mass is 474 g/mol. The number of hydrazone groups is 1. The number of benzene rings is 2. The minimum atomic E-state index is -0.559. The zero-order valence-electron chi connectivity index (χ0n) is 19.8. The zero-order chi connectivity index (χ0) is 24.5. The van der Waals surface area contributed by atoms with Crippen molar-refractivity contribution in [1.82, 2.24) is 14.8 Å². The number of hydrogen-bond donors (Lipinski definition) is 1. The Morgan fingerprint density at radius 2 is 1.86 bits per heavy atom. The molecule has 0 spiro atoms. The average Bonchev–Trinajstić information content (AvgIpc) is 3.10. The van der Waals surface area contributed by atoms with Crippen molar-refractivity contribution in [1.29, 1.82) is 0 Å². The first-order valence-electron chi connectivity index (χ1n) is 11.9. The van der Waals surface area contributed by atoms with Crippen molar-refractivity contribution in [3.05, 3.63) is 59.2 Å². The van der Waals surface area contributed by atoms with Crippen LogP contribution in [0.15, 0.2) is 41.5 Å². The van der Waals surface area contributed by atoms with Crippen LogP contribution >= 0.6 is 0 Å². The van der Waals surface area contributed by atoms with Crippen molar-refractivity contribution in [3.8, 4) is 11.4 Å². The van der Waals surface area contributed by atoms with Gasteiger partial charge in [0, 0.05) is 31.4 Å². The standard InChI is InChI=1S/C26H27FN6O2/c1-16-7-8-17(2)22(14-16)33-24(34)12-11-20(31-33)26(35)28-21-15-18(9-10-19(21)27)25-30-29-23-6-4-3-5-13-32(23)25/h7-10,14-15H,3-6,11-13H2,1-2H3,(H,28,35). The minimum Gasteiger partial charge on any atom is -0.318 e. The van der Waals surface area contributed by atoms with Crippen molar-refractivity contribution in [3.63, 3.8) is 0 Å². The number of fused-ring (bicyclic) bond motifs is 1. The molecule has 35 heavy (non-hydrogen) atoms. The first kappa shape index (κ1) is 22.9. The Kier molecular flexibility index (Phi) is 6.15. The van der Waals surface area contributed by atoms with E-state index in [1.165, 1.54) is 11.1 Å². The van der Waals surface area contributed by atoms with Gasteiger partial charge >= 0.3 is 0 Å². The Morgan fingerprint density at radius 3 is 2.71 bits per heavy atom. The summed E-state index contributed by atoms with van der Waals surface area (Å²) in [5, 5.41) is 16.9. The number of halogens is 1. The SMILES string of the molecule is Cc1ccc(C)c(N2N=C(C(=O)Nc3cc(-c4nnc5n4CCCCC5)ccc3F)CCC2=O)c1. The number of aryl methyl sites for hydroxylation is 3. The zero-order valence-corrected chi connectivity index (χ0v) is 19.8. The fraction of sp³-hybridized carbons (Fsp3) is 0.346. The molecule has 0 fully saturated rings. The predicted molar refractivity (Wildman–Crippen MR) is 132 cm³/mol. The fourth-order valence-corrected chi connectivity index (χ4v) is 4.51. The molecule has 5 rings (SSSR count). The van der Waals surface area contributed by atoms with Gasteiger partial charge in [-0.15, -0.1) is 10.2 Å². The maximum Gasteiger partial charge on any atom is 0.271 e. The third-order valence-electron chi connectivity index (χ3n) is 6.47. The Balaban J connectivity index is 1.42. The van der Waals surface area contributed by atoms with Crippen LogP contribution in [-0.2, 0) is 22.6 Å². The first-order valence-corrected chi connectivity index (χ1v) is 11.9. The Bertz CT molecular complexity index is 1350. The third kappa shape index (κ3) is 4.58. The largest absolute Gasteiger partial charge is 0.318 e. The van der Waals surface area contributed by atoms with Crippen molar-refractivity contribution < 1.29 is 14.0 Å². The van der Waals surface area contributed by atoms with Crippen LogP contribution in [0, 0.1) is 19.7 Å². The highest BCUT2D eigenvalue weighted by Crippen LogP contribution is 2.28. The summed E-state index contributed by atoms with van der Waals surface area (Å²) in [7, 11) is 0. The van der Waals surface area contributed by atoms with Gasteiger partial charge in [-0.05, 0) is 62.1 Å². The summed E-state index contributed by atoms with van der Waals surface area (Å²) in [6.07, 6.45) is 4.45. The van der Waals surface area contributed by atoms with E-state index in [2.05, 4.69) is 25.2 Å². The van der Waals surface area contributed by atoms with E-state index in [1.54, 1.807) is 12.1 Å². The second-order valence-corrected chi connectivity index (χ2v) is 9.09. The molecule has 0 radical (unpaired) electrons. The van der Waals surface area contributed by atoms with E-state index < -0.39 is 11.7 Å². The summed E-state index contributed by atoms with van der Waals surface area (Å²) < 4.78 is 16.8. The highest BCUT2D eigenvalue weighted by molar-refractivity contribution is 6.44. The predicted octanol–water partition coefficient (Wildman–Crippen LogP) is 4.55. The van der Waals surface area contributed by atoms with Crippen LogP contribution in [0.5, 0.6) is 0 Å². The first-order chi connectivity index (χ1) is 16.9. The molecule has 0 saturated carbocycles. The van der Waals surface area contributed by atoms with Gasteiger partial charge in [0.15, 0.2) is 5.82 Å². The van der Waals surface area contributed by atoms with E-state index in [1.807, 2.05) is 32.0 Å². The molecule has 1 aromatic heterocycles. The maximum absolute atomic E-state index is 14.7. The molecule has 2 aliphatic heterocycles. The van der Waals surface area contributed by atoms with Crippen molar-refractivity contribution in [2.45, 2.75) is 58.9 Å². The molecule has 2 aromatic carbocycles. The summed E-state index contributed by atoms with van der Waals surface area (Å²) in [5.74, 6) is 0.315. The summed E-state index contributed by atoms with van der Waals surface area (Å²) in [6, 6.07) is 10.3. The lowest BCUT2D eigenvalue weighted by molar-refractivity contribution is -0.118. The number of carbonyl (C=O) groups is 2. The van der Waals surface area contributed by atoms with Gasteiger partial charge in [-0.1, -0.05) is 18.6 Å². The van der Waals surface area contributed by atoms with Crippen LogP contribution < -0.4 is 10.3 Å². The summed E-state index contributed by atoms with van der Waals surface area (Å²) in [4.78, 5) is 25.6. The second kappa shape index (κ2) is 9.40. The van der Waals surface area contributed by atoms with Crippen LogP contribution in [0.1, 0.15) is 49.1 Å². The van der Waals surface area contributed by atoms with E-state index in [4.69, 9.17) is 0 Å². The number of amides is 2. The van der Waals surface area contributed by atoms with Crippen LogP contribution in [0.4, 0.5) is 15.8 Å². The summed E-state index contributed by atoms with van der Waals surface area (Å²) in [6.45, 7) is 4.63. The van der Waals surface area contributed by atoms with E-state index in [-0.39, 0.29) is 30.1 Å². The summed E-state index contributed by atoms with van der Waals surface area (Å²) in [5.41, 5.74) is 3.39. The van der Waals surface area contributed by atoms with Gasteiger partial charge in [0.2, 0.25) is 5.91 Å². The molecule has 0 bridgehead atoms. The molecule has 1 N–H and O–H groups in total. The van der Waals surface area contributed by atoms with E-state index >= 15 is 0 Å². The lowest BCUT2D eigenvalue weighted by atomic mass is 10.1. The van der Waals surface area contributed by atoms with Gasteiger partial charge in [-0.25, -0.2) is 9.40 Å². The number of rotatable bonds is 4. The van der Waals surface area contributed by atoms with Crippen LogP contribution in [0.2, 0.25) is 0 Å². The van der Waals surface area contributed by atoms with Crippen LogP contribution in [-0.4, -0.2) is 32.3 Å². The Morgan fingerprint density at radius 1 is 1.00 bits per heavy atom. The molecule has 2 aliphatic rings. The molecule has 3 aromatic rings. The molecule has 0 aliphatic carbocycles. The molecular weight excluding hydrogens is 447 g/mol. The molecule has 2 amide bonds. The van der Waals surface area contributed by atoms with Crippen molar-refractivity contribution in [2.24, 2.45) is 5.10 Å². The van der Waals surface area contributed by atoms with Gasteiger partial charge in [0.1, 0.15) is 17.4 Å². The number of aromatic nitrogens is 3. The number of hydrogen-bond acceptors (Lipinski definition) is 5. The molecule has 0 unspecified atom stereocenters. The molecule has 0 saturated heterocycles. The number of nitrogens with one attached hydrogen (secondary N) is 1. The molecule has 3 heterocycles. The van der Waals surface area contributed by atoms with E-state index in [0.717, 1.165) is 49.2 Å². The molecule has 0 atom stereocenters. The summed E-state index contributed by atoms with van der Waals surface area (Å²) >= 11 is 0. The highest BCUT2D eigenvalue weighted by atomic mass is 19.1. The maximum atomic E-state index is 14.7. The lowest BCUT2D eigenvalue weighted by Crippen LogP contribution is -2.36. The van der Waals surface area contributed by atoms with E-state index in [9.17, 15) is 14.0 Å². The smallest absolute Gasteiger partial charge is 0.271 e. The lowest BCUT2D eigenvalue weighted by Gasteiger charge is -2.25. The van der Waals surface area contributed by atoms with Gasteiger partial charge in [-0.3, -0.25) is 9.59 Å². The molecular formula is C26H27FN6O2. The second-order valence-electron chi connectivity index (χ2n) is 9.09. The van der Waals surface area contributed by atoms with Crippen LogP contribution in [0.25, 0.3) is 11.4 Å². The van der Waals surface area contributed by atoms with Gasteiger partial charge in [-0.2, -0.15) is 5.10 Å². The average molecular weight is 475 g/mol. The number of anilines is 2. The number of carbonyl (C=O) groups excluding carboxylic acids is 2. The molecule has 9 heteroatoms. The van der Waals surface area contributed by atoms with Gasteiger partial charge in [0.25, 0.3) is 5.91 Å². The van der Waals surface area contributed by atoms with Crippen molar-refractivity contribution >= 4 is 28.9 Å². The molecule has 180 valence electrons. The Hall–Kier alpha value is -3.88. The Labute approximate surface area is 202 Å². The highest BCUT2D eigenvalue weighted by Gasteiger charge is 2.27. The molecule has 8 nitrogen and oxygen atoms in total. The normalized spacial score (nSPS) is 15.9. The number of nitrogens with zero attached hydrogens (tertiary/aromatic N) is 5. The fourth-order valence-electron chi connectivity index (χ4n) is 4.51. The van der Waals surface area contributed by atoms with E-state index in [0.29, 0.717) is 17.1 Å². The van der Waals surface area contributed by atoms with Gasteiger partial charge < -0.3 is 9.88 Å². The van der Waals surface area contributed by atoms with Crippen molar-refractivity contribution in [2.75, 3.05) is 10.3 Å². The third-order valence-corrected chi connectivity index (χ3v) is 6.47. The van der Waals surface area contributed by atoms with Crippen LogP contribution in [0.3, 0.4) is 0 Å². The quantitative estimate of drug-likeness (QED) is 0.601. The van der Waals surface area contributed by atoms with Gasteiger partial charge in [0.05, 0.1) is 11.4 Å².